The molecule has 0 saturated heterocycles. The lowest BCUT2D eigenvalue weighted by molar-refractivity contribution is -0.137. The number of Topliss-reactive ketones (excluding diaryl/α,β-unsaturated/α-hetero) is 1. The SMILES string of the molecule is CCOC(=O)C(=O)c1cc(OC)cc(OC)c1OC. The Bertz CT molecular complexity index is 480. The summed E-state index contributed by atoms with van der Waals surface area (Å²) in [6, 6.07) is 2.96. The molecule has 0 radical (unpaired) electrons. The van der Waals surface area contributed by atoms with Crippen molar-refractivity contribution in [1.29, 1.82) is 0 Å². The van der Waals surface area contributed by atoms with Crippen molar-refractivity contribution in [2.75, 3.05) is 27.9 Å². The standard InChI is InChI=1S/C13H16O6/c1-5-19-13(15)11(14)9-6-8(16-2)7-10(17-3)12(9)18-4/h6-7H,5H2,1-4H3. The van der Waals surface area contributed by atoms with Gasteiger partial charge in [-0.15, -0.1) is 0 Å². The summed E-state index contributed by atoms with van der Waals surface area (Å²) < 4.78 is 19.9. The molecule has 0 atom stereocenters. The molecule has 6 heteroatoms. The summed E-state index contributed by atoms with van der Waals surface area (Å²) in [6.45, 7) is 1.74. The van der Waals surface area contributed by atoms with Crippen LogP contribution < -0.4 is 14.2 Å². The van der Waals surface area contributed by atoms with Gasteiger partial charge < -0.3 is 18.9 Å². The Balaban J connectivity index is 3.31. The summed E-state index contributed by atoms with van der Waals surface area (Å²) >= 11 is 0. The quantitative estimate of drug-likeness (QED) is 0.442. The van der Waals surface area contributed by atoms with E-state index in [0.717, 1.165) is 0 Å². The Kier molecular flexibility index (Phi) is 5.17. The Hall–Kier alpha value is -2.24. The van der Waals surface area contributed by atoms with E-state index in [9.17, 15) is 9.59 Å². The molecule has 0 aromatic heterocycles. The molecule has 1 aromatic carbocycles. The Morgan fingerprint density at radius 3 is 2.21 bits per heavy atom. The first-order valence-corrected chi connectivity index (χ1v) is 5.60. The van der Waals surface area contributed by atoms with Crippen molar-refractivity contribution in [1.82, 2.24) is 0 Å². The van der Waals surface area contributed by atoms with Crippen LogP contribution >= 0.6 is 0 Å². The van der Waals surface area contributed by atoms with E-state index in [-0.39, 0.29) is 17.9 Å². The molecule has 0 aliphatic carbocycles. The molecule has 0 amide bonds. The van der Waals surface area contributed by atoms with Crippen LogP contribution in [0.3, 0.4) is 0 Å². The third-order valence-electron chi connectivity index (χ3n) is 2.39. The Morgan fingerprint density at radius 1 is 1.05 bits per heavy atom. The minimum atomic E-state index is -0.948. The van der Waals surface area contributed by atoms with Gasteiger partial charge in [-0.25, -0.2) is 4.79 Å². The van der Waals surface area contributed by atoms with Crippen LogP contribution in [0.2, 0.25) is 0 Å². The summed E-state index contributed by atoms with van der Waals surface area (Å²) in [6.07, 6.45) is 0. The summed E-state index contributed by atoms with van der Waals surface area (Å²) in [5.41, 5.74) is 0.0390. The van der Waals surface area contributed by atoms with Gasteiger partial charge in [0.2, 0.25) is 0 Å². The predicted molar refractivity (Wildman–Crippen MR) is 67.1 cm³/mol. The first-order valence-electron chi connectivity index (χ1n) is 5.60. The number of carbonyl (C=O) groups is 2. The first kappa shape index (κ1) is 14.8. The van der Waals surface area contributed by atoms with E-state index in [1.807, 2.05) is 0 Å². The van der Waals surface area contributed by atoms with Crippen molar-refractivity contribution in [3.05, 3.63) is 17.7 Å². The van der Waals surface area contributed by atoms with Crippen LogP contribution in [0.25, 0.3) is 0 Å². The second-order valence-corrected chi connectivity index (χ2v) is 3.46. The van der Waals surface area contributed by atoms with E-state index >= 15 is 0 Å². The summed E-state index contributed by atoms with van der Waals surface area (Å²) in [4.78, 5) is 23.5. The smallest absolute Gasteiger partial charge is 0.379 e. The van der Waals surface area contributed by atoms with Crippen LogP contribution in [-0.2, 0) is 9.53 Å². The maximum Gasteiger partial charge on any atom is 0.379 e. The zero-order chi connectivity index (χ0) is 14.4. The minimum Gasteiger partial charge on any atom is -0.497 e. The highest BCUT2D eigenvalue weighted by Crippen LogP contribution is 2.35. The molecule has 0 unspecified atom stereocenters. The van der Waals surface area contributed by atoms with Gasteiger partial charge in [0.05, 0.1) is 33.5 Å². The van der Waals surface area contributed by atoms with Crippen LogP contribution in [-0.4, -0.2) is 39.7 Å². The predicted octanol–water partition coefficient (Wildman–Crippen LogP) is 1.46. The molecule has 0 bridgehead atoms. The van der Waals surface area contributed by atoms with E-state index in [0.29, 0.717) is 11.5 Å². The zero-order valence-corrected chi connectivity index (χ0v) is 11.3. The summed E-state index contributed by atoms with van der Waals surface area (Å²) in [5, 5.41) is 0. The fourth-order valence-corrected chi connectivity index (χ4v) is 1.53. The van der Waals surface area contributed by atoms with E-state index < -0.39 is 11.8 Å². The lowest BCUT2D eigenvalue weighted by Gasteiger charge is -2.13. The average Bonchev–Trinajstić information content (AvgIpc) is 2.44. The second-order valence-electron chi connectivity index (χ2n) is 3.46. The number of esters is 1. The highest BCUT2D eigenvalue weighted by molar-refractivity contribution is 6.41. The molecule has 104 valence electrons. The Labute approximate surface area is 111 Å². The van der Waals surface area contributed by atoms with Crippen LogP contribution in [0.5, 0.6) is 17.2 Å². The van der Waals surface area contributed by atoms with Gasteiger partial charge in [-0.1, -0.05) is 0 Å². The Morgan fingerprint density at radius 2 is 1.74 bits per heavy atom. The zero-order valence-electron chi connectivity index (χ0n) is 11.3. The van der Waals surface area contributed by atoms with Crippen LogP contribution in [0, 0.1) is 0 Å². The first-order chi connectivity index (χ1) is 9.08. The molecule has 1 rings (SSSR count). The van der Waals surface area contributed by atoms with Crippen molar-refractivity contribution in [3.63, 3.8) is 0 Å². The van der Waals surface area contributed by atoms with Crippen molar-refractivity contribution in [2.24, 2.45) is 0 Å². The number of methoxy groups -OCH3 is 3. The van der Waals surface area contributed by atoms with E-state index in [1.54, 1.807) is 13.0 Å². The molecule has 0 aliphatic rings. The van der Waals surface area contributed by atoms with Crippen molar-refractivity contribution in [3.8, 4) is 17.2 Å². The third-order valence-corrected chi connectivity index (χ3v) is 2.39. The van der Waals surface area contributed by atoms with Crippen molar-refractivity contribution >= 4 is 11.8 Å². The van der Waals surface area contributed by atoms with Gasteiger partial charge in [0, 0.05) is 6.07 Å². The average molecular weight is 268 g/mol. The van der Waals surface area contributed by atoms with Crippen molar-refractivity contribution in [2.45, 2.75) is 6.92 Å². The minimum absolute atomic E-state index is 0.0390. The molecule has 0 fully saturated rings. The molecular weight excluding hydrogens is 252 g/mol. The molecule has 0 aliphatic heterocycles. The van der Waals surface area contributed by atoms with Crippen molar-refractivity contribution < 1.29 is 28.5 Å². The van der Waals surface area contributed by atoms with Gasteiger partial charge in [-0.05, 0) is 13.0 Å². The van der Waals surface area contributed by atoms with E-state index in [4.69, 9.17) is 14.2 Å². The molecule has 0 heterocycles. The normalized spacial score (nSPS) is 9.68. The fraction of sp³-hybridized carbons (Fsp3) is 0.385. The van der Waals surface area contributed by atoms with Crippen LogP contribution in [0.4, 0.5) is 0 Å². The molecule has 0 spiro atoms. The second kappa shape index (κ2) is 6.63. The largest absolute Gasteiger partial charge is 0.497 e. The summed E-state index contributed by atoms with van der Waals surface area (Å²) in [7, 11) is 4.25. The highest BCUT2D eigenvalue weighted by atomic mass is 16.5. The van der Waals surface area contributed by atoms with Crippen LogP contribution in [0.15, 0.2) is 12.1 Å². The molecular formula is C13H16O6. The highest BCUT2D eigenvalue weighted by Gasteiger charge is 2.25. The molecule has 1 aromatic rings. The number of benzene rings is 1. The molecule has 0 saturated carbocycles. The van der Waals surface area contributed by atoms with Gasteiger partial charge in [-0.2, -0.15) is 0 Å². The third kappa shape index (κ3) is 3.15. The molecule has 0 N–H and O–H groups in total. The van der Waals surface area contributed by atoms with Gasteiger partial charge in [0.1, 0.15) is 5.75 Å². The number of carbonyl (C=O) groups excluding carboxylic acids is 2. The monoisotopic (exact) mass is 268 g/mol. The molecule has 6 nitrogen and oxygen atoms in total. The lowest BCUT2D eigenvalue weighted by Crippen LogP contribution is -2.18. The number of hydrogen-bond donors (Lipinski definition) is 0. The van der Waals surface area contributed by atoms with Gasteiger partial charge in [0.15, 0.2) is 11.5 Å². The van der Waals surface area contributed by atoms with E-state index in [1.165, 1.54) is 27.4 Å². The lowest BCUT2D eigenvalue weighted by atomic mass is 10.1. The molecule has 19 heavy (non-hydrogen) atoms. The number of rotatable bonds is 6. The van der Waals surface area contributed by atoms with Gasteiger partial charge >= 0.3 is 5.97 Å². The fourth-order valence-electron chi connectivity index (χ4n) is 1.53. The van der Waals surface area contributed by atoms with Crippen LogP contribution in [0.1, 0.15) is 17.3 Å². The topological polar surface area (TPSA) is 71.1 Å². The number of hydrogen-bond acceptors (Lipinski definition) is 6. The maximum absolute atomic E-state index is 12.0. The number of ketones is 1. The van der Waals surface area contributed by atoms with E-state index in [2.05, 4.69) is 4.74 Å². The van der Waals surface area contributed by atoms with Gasteiger partial charge in [-0.3, -0.25) is 4.79 Å². The maximum atomic E-state index is 12.0. The van der Waals surface area contributed by atoms with Gasteiger partial charge in [0.25, 0.3) is 5.78 Å². The number of ether oxygens (including phenoxy) is 4. The summed E-state index contributed by atoms with van der Waals surface area (Å²) in [5.74, 6) is -0.909.